The van der Waals surface area contributed by atoms with Gasteiger partial charge in [-0.25, -0.2) is 0 Å². The SMILES string of the molecule is CCOc1ccccc1.COc1ccc(COC(C)=O)cc1. The van der Waals surface area contributed by atoms with Crippen molar-refractivity contribution in [2.24, 2.45) is 0 Å². The third kappa shape index (κ3) is 7.33. The van der Waals surface area contributed by atoms with Crippen molar-refractivity contribution >= 4 is 5.97 Å². The Bertz CT molecular complexity index is 535. The van der Waals surface area contributed by atoms with Crippen LogP contribution in [0.3, 0.4) is 0 Å². The van der Waals surface area contributed by atoms with Gasteiger partial charge in [-0.2, -0.15) is 0 Å². The minimum Gasteiger partial charge on any atom is -0.497 e. The average Bonchev–Trinajstić information content (AvgIpc) is 2.55. The molecule has 0 saturated heterocycles. The van der Waals surface area contributed by atoms with Crippen molar-refractivity contribution in [3.63, 3.8) is 0 Å². The topological polar surface area (TPSA) is 44.8 Å². The summed E-state index contributed by atoms with van der Waals surface area (Å²) in [7, 11) is 1.61. The van der Waals surface area contributed by atoms with Crippen LogP contribution in [-0.4, -0.2) is 19.7 Å². The van der Waals surface area contributed by atoms with Gasteiger partial charge in [0, 0.05) is 6.92 Å². The molecule has 2 rings (SSSR count). The lowest BCUT2D eigenvalue weighted by Gasteiger charge is -2.03. The first-order chi connectivity index (χ1) is 10.7. The zero-order chi connectivity index (χ0) is 16.2. The molecule has 0 radical (unpaired) electrons. The van der Waals surface area contributed by atoms with Gasteiger partial charge < -0.3 is 14.2 Å². The number of para-hydroxylation sites is 1. The first kappa shape index (κ1) is 17.6. The summed E-state index contributed by atoms with van der Waals surface area (Å²) in [4.78, 5) is 10.5. The maximum absolute atomic E-state index is 10.5. The molecule has 22 heavy (non-hydrogen) atoms. The van der Waals surface area contributed by atoms with Crippen LogP contribution in [0.2, 0.25) is 0 Å². The van der Waals surface area contributed by atoms with Crippen molar-refractivity contribution in [1.29, 1.82) is 0 Å². The summed E-state index contributed by atoms with van der Waals surface area (Å²) in [5.41, 5.74) is 0.955. The zero-order valence-corrected chi connectivity index (χ0v) is 13.2. The molecule has 0 atom stereocenters. The van der Waals surface area contributed by atoms with Gasteiger partial charge in [-0.1, -0.05) is 30.3 Å². The Balaban J connectivity index is 0.000000235. The lowest BCUT2D eigenvalue weighted by Crippen LogP contribution is -1.98. The van der Waals surface area contributed by atoms with E-state index in [4.69, 9.17) is 14.2 Å². The Labute approximate surface area is 131 Å². The fraction of sp³-hybridized carbons (Fsp3) is 0.278. The van der Waals surface area contributed by atoms with Crippen LogP contribution < -0.4 is 9.47 Å². The van der Waals surface area contributed by atoms with E-state index in [0.717, 1.165) is 23.7 Å². The number of rotatable bonds is 5. The number of hydrogen-bond acceptors (Lipinski definition) is 4. The van der Waals surface area contributed by atoms with Crippen LogP contribution in [-0.2, 0) is 16.1 Å². The monoisotopic (exact) mass is 302 g/mol. The molecule has 4 heteroatoms. The molecule has 0 amide bonds. The number of carbonyl (C=O) groups is 1. The maximum atomic E-state index is 10.5. The van der Waals surface area contributed by atoms with Gasteiger partial charge >= 0.3 is 5.97 Å². The van der Waals surface area contributed by atoms with Gasteiger partial charge in [0.05, 0.1) is 13.7 Å². The normalized spacial score (nSPS) is 9.23. The maximum Gasteiger partial charge on any atom is 0.302 e. The molecular formula is C18H22O4. The molecule has 0 fully saturated rings. The Morgan fingerprint density at radius 2 is 1.59 bits per heavy atom. The standard InChI is InChI=1S/C10H12O3.C8H10O/c1-8(11)13-7-9-3-5-10(12-2)6-4-9;1-2-9-8-6-4-3-5-7-8/h3-6H,7H2,1-2H3;3-7H,2H2,1H3. The van der Waals surface area contributed by atoms with E-state index in [0.29, 0.717) is 6.61 Å². The van der Waals surface area contributed by atoms with Crippen molar-refractivity contribution in [1.82, 2.24) is 0 Å². The third-order valence-corrected chi connectivity index (χ3v) is 2.66. The van der Waals surface area contributed by atoms with Crippen molar-refractivity contribution in [2.45, 2.75) is 20.5 Å². The summed E-state index contributed by atoms with van der Waals surface area (Å²) in [6.45, 7) is 4.43. The second-order valence-corrected chi connectivity index (χ2v) is 4.37. The Kier molecular flexibility index (Phi) is 8.20. The van der Waals surface area contributed by atoms with E-state index in [1.54, 1.807) is 7.11 Å². The minimum atomic E-state index is -0.268. The molecule has 0 aliphatic rings. The molecule has 0 N–H and O–H groups in total. The lowest BCUT2D eigenvalue weighted by molar-refractivity contribution is -0.142. The number of ether oxygens (including phenoxy) is 3. The highest BCUT2D eigenvalue weighted by Crippen LogP contribution is 2.11. The van der Waals surface area contributed by atoms with Crippen molar-refractivity contribution in [3.05, 3.63) is 60.2 Å². The predicted molar refractivity (Wildman–Crippen MR) is 86.1 cm³/mol. The first-order valence-electron chi connectivity index (χ1n) is 7.09. The number of benzene rings is 2. The molecule has 4 nitrogen and oxygen atoms in total. The van der Waals surface area contributed by atoms with E-state index in [1.807, 2.05) is 61.5 Å². The van der Waals surface area contributed by atoms with Gasteiger partial charge in [-0.05, 0) is 36.8 Å². The number of hydrogen-bond donors (Lipinski definition) is 0. The summed E-state index contributed by atoms with van der Waals surface area (Å²) >= 11 is 0. The lowest BCUT2D eigenvalue weighted by atomic mass is 10.2. The molecule has 0 aliphatic heterocycles. The summed E-state index contributed by atoms with van der Waals surface area (Å²) in [6.07, 6.45) is 0. The fourth-order valence-electron chi connectivity index (χ4n) is 1.59. The molecule has 2 aromatic carbocycles. The zero-order valence-electron chi connectivity index (χ0n) is 13.2. The highest BCUT2D eigenvalue weighted by atomic mass is 16.5. The van der Waals surface area contributed by atoms with Gasteiger partial charge in [-0.3, -0.25) is 4.79 Å². The van der Waals surface area contributed by atoms with Gasteiger partial charge in [-0.15, -0.1) is 0 Å². The van der Waals surface area contributed by atoms with Crippen LogP contribution in [0.5, 0.6) is 11.5 Å². The Morgan fingerprint density at radius 1 is 0.955 bits per heavy atom. The summed E-state index contributed by atoms with van der Waals surface area (Å²) in [6, 6.07) is 17.2. The van der Waals surface area contributed by atoms with Crippen LogP contribution in [0.15, 0.2) is 54.6 Å². The molecule has 0 bridgehead atoms. The molecule has 118 valence electrons. The van der Waals surface area contributed by atoms with Gasteiger partial charge in [0.15, 0.2) is 0 Å². The van der Waals surface area contributed by atoms with Gasteiger partial charge in [0.1, 0.15) is 18.1 Å². The number of methoxy groups -OCH3 is 1. The van der Waals surface area contributed by atoms with E-state index < -0.39 is 0 Å². The minimum absolute atomic E-state index is 0.268. The van der Waals surface area contributed by atoms with Crippen LogP contribution in [0.25, 0.3) is 0 Å². The van der Waals surface area contributed by atoms with Crippen LogP contribution >= 0.6 is 0 Å². The fourth-order valence-corrected chi connectivity index (χ4v) is 1.59. The Hall–Kier alpha value is -2.49. The van der Waals surface area contributed by atoms with Crippen LogP contribution in [0.4, 0.5) is 0 Å². The van der Waals surface area contributed by atoms with E-state index in [1.165, 1.54) is 6.92 Å². The number of esters is 1. The molecule has 0 aliphatic carbocycles. The molecule has 0 spiro atoms. The highest BCUT2D eigenvalue weighted by molar-refractivity contribution is 5.65. The van der Waals surface area contributed by atoms with E-state index in [9.17, 15) is 4.79 Å². The summed E-state index contributed by atoms with van der Waals surface area (Å²) in [5, 5.41) is 0. The molecular weight excluding hydrogens is 280 g/mol. The van der Waals surface area contributed by atoms with Crippen molar-refractivity contribution in [2.75, 3.05) is 13.7 Å². The third-order valence-electron chi connectivity index (χ3n) is 2.66. The largest absolute Gasteiger partial charge is 0.497 e. The average molecular weight is 302 g/mol. The Morgan fingerprint density at radius 3 is 2.09 bits per heavy atom. The molecule has 0 heterocycles. The smallest absolute Gasteiger partial charge is 0.302 e. The van der Waals surface area contributed by atoms with E-state index >= 15 is 0 Å². The second kappa shape index (κ2) is 10.3. The first-order valence-corrected chi connectivity index (χ1v) is 7.09. The van der Waals surface area contributed by atoms with Gasteiger partial charge in [0.2, 0.25) is 0 Å². The molecule has 0 unspecified atom stereocenters. The van der Waals surface area contributed by atoms with Crippen LogP contribution in [0, 0.1) is 0 Å². The van der Waals surface area contributed by atoms with Crippen molar-refractivity contribution in [3.8, 4) is 11.5 Å². The second-order valence-electron chi connectivity index (χ2n) is 4.37. The van der Waals surface area contributed by atoms with E-state index in [-0.39, 0.29) is 5.97 Å². The van der Waals surface area contributed by atoms with Gasteiger partial charge in [0.25, 0.3) is 0 Å². The molecule has 0 saturated carbocycles. The highest BCUT2D eigenvalue weighted by Gasteiger charge is 1.96. The summed E-state index contributed by atoms with van der Waals surface area (Å²) < 4.78 is 15.0. The predicted octanol–water partition coefficient (Wildman–Crippen LogP) is 3.84. The molecule has 2 aromatic rings. The molecule has 0 aromatic heterocycles. The van der Waals surface area contributed by atoms with Crippen LogP contribution in [0.1, 0.15) is 19.4 Å². The number of carbonyl (C=O) groups excluding carboxylic acids is 1. The van der Waals surface area contributed by atoms with E-state index in [2.05, 4.69) is 0 Å². The quantitative estimate of drug-likeness (QED) is 0.787. The summed E-state index contributed by atoms with van der Waals surface area (Å²) in [5.74, 6) is 1.47. The van der Waals surface area contributed by atoms with Crippen molar-refractivity contribution < 1.29 is 19.0 Å².